The van der Waals surface area contributed by atoms with Crippen LogP contribution in [0.3, 0.4) is 0 Å². The molecular weight excluding hydrogens is 249 g/mol. The van der Waals surface area contributed by atoms with Crippen molar-refractivity contribution in [3.8, 4) is 0 Å². The number of alkyl halides is 2. The number of hydrogen-bond acceptors (Lipinski definition) is 1. The molecule has 2 rings (SSSR count). The summed E-state index contributed by atoms with van der Waals surface area (Å²) in [4.78, 5) is 0.0177. The normalized spacial score (nSPS) is 11.5. The largest absolute Gasteiger partial charge is 0.272 e. The van der Waals surface area contributed by atoms with Gasteiger partial charge in [-0.1, -0.05) is 29.3 Å². The summed E-state index contributed by atoms with van der Waals surface area (Å²) >= 11 is 12.6. The molecule has 0 saturated heterocycles. The van der Waals surface area contributed by atoms with E-state index >= 15 is 0 Å². The molecule has 0 aliphatic rings. The average Bonchev–Trinajstić information content (AvgIpc) is 2.56. The molecule has 14 heavy (non-hydrogen) atoms. The lowest BCUT2D eigenvalue weighted by Crippen LogP contribution is -1.72. The van der Waals surface area contributed by atoms with Crippen LogP contribution < -0.4 is 0 Å². The van der Waals surface area contributed by atoms with Gasteiger partial charge in [-0.15, -0.1) is 11.3 Å². The van der Waals surface area contributed by atoms with E-state index < -0.39 is 6.43 Å². The lowest BCUT2D eigenvalue weighted by molar-refractivity contribution is 0.156. The first-order valence-corrected chi connectivity index (χ1v) is 5.32. The maximum Gasteiger partial charge on any atom is 0.272 e. The molecule has 0 nitrogen and oxygen atoms in total. The van der Waals surface area contributed by atoms with E-state index in [-0.39, 0.29) is 4.88 Å². The maximum absolute atomic E-state index is 12.4. The molecule has 0 atom stereocenters. The van der Waals surface area contributed by atoms with E-state index in [1.807, 2.05) is 0 Å². The van der Waals surface area contributed by atoms with E-state index in [1.54, 1.807) is 12.1 Å². The topological polar surface area (TPSA) is 0 Å². The SMILES string of the molecule is FC(F)c1cc2ccc(Cl)c(Cl)c2s1. The lowest BCUT2D eigenvalue weighted by atomic mass is 10.2. The first-order valence-electron chi connectivity index (χ1n) is 3.75. The maximum atomic E-state index is 12.4. The second-order valence-electron chi connectivity index (χ2n) is 2.73. The highest BCUT2D eigenvalue weighted by Gasteiger charge is 2.14. The van der Waals surface area contributed by atoms with Gasteiger partial charge in [0.25, 0.3) is 6.43 Å². The fourth-order valence-electron chi connectivity index (χ4n) is 1.17. The third-order valence-corrected chi connectivity index (χ3v) is 3.91. The van der Waals surface area contributed by atoms with Gasteiger partial charge in [0, 0.05) is 0 Å². The van der Waals surface area contributed by atoms with Crippen LogP contribution in [-0.4, -0.2) is 0 Å². The molecule has 0 aliphatic heterocycles. The first-order chi connectivity index (χ1) is 6.59. The van der Waals surface area contributed by atoms with Crippen LogP contribution >= 0.6 is 34.5 Å². The zero-order valence-electron chi connectivity index (χ0n) is 6.73. The highest BCUT2D eigenvalue weighted by atomic mass is 35.5. The van der Waals surface area contributed by atoms with Crippen LogP contribution in [0.25, 0.3) is 10.1 Å². The number of fused-ring (bicyclic) bond motifs is 1. The zero-order valence-corrected chi connectivity index (χ0v) is 9.06. The third-order valence-electron chi connectivity index (χ3n) is 1.81. The summed E-state index contributed by atoms with van der Waals surface area (Å²) in [6, 6.07) is 4.73. The molecule has 74 valence electrons. The summed E-state index contributed by atoms with van der Waals surface area (Å²) in [6.07, 6.45) is -2.46. The Labute approximate surface area is 93.1 Å². The van der Waals surface area contributed by atoms with Crippen LogP contribution in [-0.2, 0) is 0 Å². The number of benzene rings is 1. The van der Waals surface area contributed by atoms with Crippen LogP contribution in [0, 0.1) is 0 Å². The number of hydrogen-bond donors (Lipinski definition) is 0. The van der Waals surface area contributed by atoms with Gasteiger partial charge in [-0.2, -0.15) is 0 Å². The van der Waals surface area contributed by atoms with Gasteiger partial charge in [-0.25, -0.2) is 8.78 Å². The summed E-state index contributed by atoms with van der Waals surface area (Å²) in [6.45, 7) is 0. The molecule has 0 aliphatic carbocycles. The van der Waals surface area contributed by atoms with Crippen LogP contribution in [0.5, 0.6) is 0 Å². The number of halogens is 4. The Morgan fingerprint density at radius 3 is 2.57 bits per heavy atom. The molecule has 0 radical (unpaired) electrons. The second-order valence-corrected chi connectivity index (χ2v) is 4.60. The molecule has 0 N–H and O–H groups in total. The minimum atomic E-state index is -2.46. The van der Waals surface area contributed by atoms with E-state index in [4.69, 9.17) is 23.2 Å². The molecule has 1 aromatic carbocycles. The Balaban J connectivity index is 2.71. The van der Waals surface area contributed by atoms with Gasteiger partial charge in [0.1, 0.15) is 0 Å². The number of thiophene rings is 1. The van der Waals surface area contributed by atoms with Crippen molar-refractivity contribution < 1.29 is 8.78 Å². The quantitative estimate of drug-likeness (QED) is 0.659. The minimum Gasteiger partial charge on any atom is -0.204 e. The van der Waals surface area contributed by atoms with E-state index in [1.165, 1.54) is 6.07 Å². The minimum absolute atomic E-state index is 0.0177. The fraction of sp³-hybridized carbons (Fsp3) is 0.111. The summed E-state index contributed by atoms with van der Waals surface area (Å²) < 4.78 is 25.4. The fourth-order valence-corrected chi connectivity index (χ4v) is 2.63. The monoisotopic (exact) mass is 252 g/mol. The molecule has 5 heteroatoms. The van der Waals surface area contributed by atoms with Crippen LogP contribution in [0.1, 0.15) is 11.3 Å². The van der Waals surface area contributed by atoms with Crippen molar-refractivity contribution in [2.24, 2.45) is 0 Å². The van der Waals surface area contributed by atoms with Gasteiger partial charge < -0.3 is 0 Å². The Morgan fingerprint density at radius 2 is 1.93 bits per heavy atom. The zero-order chi connectivity index (χ0) is 10.3. The van der Waals surface area contributed by atoms with Crippen molar-refractivity contribution in [3.63, 3.8) is 0 Å². The summed E-state index contributed by atoms with van der Waals surface area (Å²) in [7, 11) is 0. The Kier molecular flexibility index (Phi) is 2.64. The highest BCUT2D eigenvalue weighted by Crippen LogP contribution is 2.39. The van der Waals surface area contributed by atoms with Gasteiger partial charge in [0.05, 0.1) is 19.6 Å². The Morgan fingerprint density at radius 1 is 1.21 bits per heavy atom. The molecule has 0 fully saturated rings. The van der Waals surface area contributed by atoms with Crippen LogP contribution in [0.4, 0.5) is 8.78 Å². The van der Waals surface area contributed by atoms with Gasteiger partial charge in [0.2, 0.25) is 0 Å². The van der Waals surface area contributed by atoms with Crippen molar-refractivity contribution >= 4 is 44.6 Å². The smallest absolute Gasteiger partial charge is 0.204 e. The predicted octanol–water partition coefficient (Wildman–Crippen LogP) is 5.15. The van der Waals surface area contributed by atoms with E-state index in [9.17, 15) is 8.78 Å². The average molecular weight is 253 g/mol. The molecular formula is C9H4Cl2F2S. The van der Waals surface area contributed by atoms with Gasteiger partial charge in [-0.05, 0) is 17.5 Å². The third kappa shape index (κ3) is 1.60. The molecule has 0 bridgehead atoms. The first kappa shape index (κ1) is 10.1. The summed E-state index contributed by atoms with van der Waals surface area (Å²) in [5.74, 6) is 0. The van der Waals surface area contributed by atoms with Gasteiger partial charge in [0.15, 0.2) is 0 Å². The summed E-state index contributed by atoms with van der Waals surface area (Å²) in [5.41, 5.74) is 0. The van der Waals surface area contributed by atoms with Crippen molar-refractivity contribution in [2.45, 2.75) is 6.43 Å². The molecule has 1 aromatic heterocycles. The van der Waals surface area contributed by atoms with E-state index in [0.29, 0.717) is 20.1 Å². The molecule has 0 amide bonds. The van der Waals surface area contributed by atoms with E-state index in [2.05, 4.69) is 0 Å². The van der Waals surface area contributed by atoms with Crippen LogP contribution in [0.2, 0.25) is 10.0 Å². The lowest BCUT2D eigenvalue weighted by Gasteiger charge is -1.94. The Hall–Kier alpha value is -0.380. The molecule has 0 saturated carbocycles. The molecule has 1 heterocycles. The Bertz CT molecular complexity index is 479. The van der Waals surface area contributed by atoms with Gasteiger partial charge >= 0.3 is 0 Å². The molecule has 0 spiro atoms. The van der Waals surface area contributed by atoms with Crippen LogP contribution in [0.15, 0.2) is 18.2 Å². The van der Waals surface area contributed by atoms with Crippen molar-refractivity contribution in [1.82, 2.24) is 0 Å². The standard InChI is InChI=1S/C9H4Cl2F2S/c10-5-2-1-4-3-6(9(12)13)14-8(4)7(5)11/h1-3,9H. The number of rotatable bonds is 1. The van der Waals surface area contributed by atoms with Crippen molar-refractivity contribution in [2.75, 3.05) is 0 Å². The highest BCUT2D eigenvalue weighted by molar-refractivity contribution is 7.19. The van der Waals surface area contributed by atoms with Gasteiger partial charge in [-0.3, -0.25) is 0 Å². The molecule has 2 aromatic rings. The molecule has 0 unspecified atom stereocenters. The van der Waals surface area contributed by atoms with Crippen molar-refractivity contribution in [3.05, 3.63) is 33.1 Å². The van der Waals surface area contributed by atoms with E-state index in [0.717, 1.165) is 11.3 Å². The summed E-state index contributed by atoms with van der Waals surface area (Å²) in [5, 5.41) is 1.45. The van der Waals surface area contributed by atoms with Crippen molar-refractivity contribution in [1.29, 1.82) is 0 Å². The second kappa shape index (κ2) is 3.65. The predicted molar refractivity (Wildman–Crippen MR) is 56.8 cm³/mol.